The lowest BCUT2D eigenvalue weighted by molar-refractivity contribution is 0.535. The van der Waals surface area contributed by atoms with Crippen molar-refractivity contribution in [3.8, 4) is 12.3 Å². The molecule has 1 nitrogen and oxygen atoms in total. The highest BCUT2D eigenvalue weighted by Gasteiger charge is 1.93. The van der Waals surface area contributed by atoms with Gasteiger partial charge in [0.25, 0.3) is 0 Å². The van der Waals surface area contributed by atoms with Crippen LogP contribution >= 0.6 is 0 Å². The Labute approximate surface area is 121 Å². The summed E-state index contributed by atoms with van der Waals surface area (Å²) < 4.78 is 0. The Morgan fingerprint density at radius 3 is 1.16 bits per heavy atom. The van der Waals surface area contributed by atoms with E-state index in [1.807, 2.05) is 0 Å². The van der Waals surface area contributed by atoms with Crippen molar-refractivity contribution in [2.45, 2.75) is 96.3 Å². The summed E-state index contributed by atoms with van der Waals surface area (Å²) in [4.78, 5) is 0. The molecule has 0 saturated carbocycles. The second kappa shape index (κ2) is 17.5. The summed E-state index contributed by atoms with van der Waals surface area (Å²) in [5.41, 5.74) is 5.47. The highest BCUT2D eigenvalue weighted by molar-refractivity contribution is 4.82. The molecule has 0 aliphatic carbocycles. The van der Waals surface area contributed by atoms with Gasteiger partial charge in [-0.3, -0.25) is 0 Å². The first-order valence-electron chi connectivity index (χ1n) is 8.55. The molecule has 0 rings (SSSR count). The van der Waals surface area contributed by atoms with Gasteiger partial charge in [-0.05, 0) is 19.4 Å². The molecule has 0 radical (unpaired) electrons. The van der Waals surface area contributed by atoms with E-state index in [-0.39, 0.29) is 0 Å². The quantitative estimate of drug-likeness (QED) is 0.310. The van der Waals surface area contributed by atoms with Gasteiger partial charge in [0, 0.05) is 6.42 Å². The lowest BCUT2D eigenvalue weighted by Gasteiger charge is -2.02. The van der Waals surface area contributed by atoms with Crippen LogP contribution in [0.25, 0.3) is 0 Å². The zero-order valence-corrected chi connectivity index (χ0v) is 13.0. The summed E-state index contributed by atoms with van der Waals surface area (Å²) in [7, 11) is 0. The van der Waals surface area contributed by atoms with E-state index in [1.54, 1.807) is 0 Å². The minimum absolute atomic E-state index is 0.864. The van der Waals surface area contributed by atoms with Gasteiger partial charge in [0.2, 0.25) is 0 Å². The maximum absolute atomic E-state index is 5.47. The molecule has 0 aromatic rings. The fraction of sp³-hybridized carbons (Fsp3) is 0.889. The van der Waals surface area contributed by atoms with Crippen LogP contribution in [0, 0.1) is 12.3 Å². The largest absolute Gasteiger partial charge is 0.330 e. The summed E-state index contributed by atoms with van der Waals surface area (Å²) in [5, 5.41) is 0. The standard InChI is InChI=1S/C18H35N/c1-2-3-4-5-6-7-8-9-10-11-12-13-14-15-16-17-18-19/h1H,3-19H2. The molecular formula is C18H35N. The average Bonchev–Trinajstić information content (AvgIpc) is 2.43. The third kappa shape index (κ3) is 17.5. The first kappa shape index (κ1) is 18.5. The van der Waals surface area contributed by atoms with Crippen molar-refractivity contribution in [2.24, 2.45) is 5.73 Å². The van der Waals surface area contributed by atoms with E-state index in [0.29, 0.717) is 0 Å². The van der Waals surface area contributed by atoms with Gasteiger partial charge in [0.05, 0.1) is 0 Å². The van der Waals surface area contributed by atoms with Gasteiger partial charge in [-0.1, -0.05) is 77.0 Å². The van der Waals surface area contributed by atoms with Crippen molar-refractivity contribution in [2.75, 3.05) is 6.54 Å². The monoisotopic (exact) mass is 265 g/mol. The molecule has 0 atom stereocenters. The van der Waals surface area contributed by atoms with Gasteiger partial charge in [-0.2, -0.15) is 0 Å². The minimum Gasteiger partial charge on any atom is -0.330 e. The second-order valence-electron chi connectivity index (χ2n) is 5.69. The molecule has 0 amide bonds. The molecule has 0 heterocycles. The molecule has 0 saturated heterocycles. The molecule has 112 valence electrons. The highest BCUT2D eigenvalue weighted by Crippen LogP contribution is 2.13. The van der Waals surface area contributed by atoms with Gasteiger partial charge in [-0.25, -0.2) is 0 Å². The van der Waals surface area contributed by atoms with Crippen LogP contribution in [0.1, 0.15) is 96.3 Å². The Bertz CT molecular complexity index is 192. The smallest absolute Gasteiger partial charge is 0.00860 e. The predicted molar refractivity (Wildman–Crippen MR) is 87.1 cm³/mol. The molecule has 0 unspecified atom stereocenters. The van der Waals surface area contributed by atoms with E-state index in [9.17, 15) is 0 Å². The van der Waals surface area contributed by atoms with E-state index < -0.39 is 0 Å². The van der Waals surface area contributed by atoms with Crippen molar-refractivity contribution >= 4 is 0 Å². The van der Waals surface area contributed by atoms with Crippen molar-refractivity contribution in [1.82, 2.24) is 0 Å². The zero-order valence-electron chi connectivity index (χ0n) is 13.0. The predicted octanol–water partition coefficient (Wildman–Crippen LogP) is 5.43. The van der Waals surface area contributed by atoms with E-state index in [4.69, 9.17) is 12.2 Å². The van der Waals surface area contributed by atoms with Gasteiger partial charge in [0.1, 0.15) is 0 Å². The Hall–Kier alpha value is -0.480. The SMILES string of the molecule is C#CCCCCCCCCCCCCCCCCN. The second-order valence-corrected chi connectivity index (χ2v) is 5.69. The number of nitrogens with two attached hydrogens (primary N) is 1. The van der Waals surface area contributed by atoms with Crippen LogP contribution in [-0.2, 0) is 0 Å². The Kier molecular flexibility index (Phi) is 17.1. The van der Waals surface area contributed by atoms with Crippen molar-refractivity contribution in [3.05, 3.63) is 0 Å². The van der Waals surface area contributed by atoms with E-state index in [1.165, 1.54) is 89.9 Å². The highest BCUT2D eigenvalue weighted by atomic mass is 14.5. The molecule has 0 aliphatic heterocycles. The van der Waals surface area contributed by atoms with Crippen LogP contribution in [0.3, 0.4) is 0 Å². The van der Waals surface area contributed by atoms with Crippen LogP contribution in [0.4, 0.5) is 0 Å². The summed E-state index contributed by atoms with van der Waals surface area (Å²) in [6.45, 7) is 0.864. The first-order chi connectivity index (χ1) is 9.41. The molecular weight excluding hydrogens is 230 g/mol. The first-order valence-corrected chi connectivity index (χ1v) is 8.55. The summed E-state index contributed by atoms with van der Waals surface area (Å²) in [6.07, 6.45) is 25.5. The molecule has 0 fully saturated rings. The Balaban J connectivity index is 2.90. The lowest BCUT2D eigenvalue weighted by Crippen LogP contribution is -1.97. The fourth-order valence-corrected chi connectivity index (χ4v) is 2.49. The lowest BCUT2D eigenvalue weighted by atomic mass is 10.0. The number of terminal acetylenes is 1. The molecule has 0 spiro atoms. The van der Waals surface area contributed by atoms with Gasteiger partial charge in [0.15, 0.2) is 0 Å². The zero-order chi connectivity index (χ0) is 14.0. The fourth-order valence-electron chi connectivity index (χ4n) is 2.49. The van der Waals surface area contributed by atoms with Crippen LogP contribution in [0.2, 0.25) is 0 Å². The molecule has 0 aromatic carbocycles. The maximum Gasteiger partial charge on any atom is 0.00860 e. The molecule has 19 heavy (non-hydrogen) atoms. The molecule has 0 aliphatic rings. The molecule has 2 N–H and O–H groups in total. The number of rotatable bonds is 15. The minimum atomic E-state index is 0.864. The average molecular weight is 265 g/mol. The van der Waals surface area contributed by atoms with E-state index >= 15 is 0 Å². The normalized spacial score (nSPS) is 10.5. The number of hydrogen-bond donors (Lipinski definition) is 1. The van der Waals surface area contributed by atoms with E-state index in [2.05, 4.69) is 5.92 Å². The summed E-state index contributed by atoms with van der Waals surface area (Å²) in [5.74, 6) is 2.71. The number of hydrogen-bond acceptors (Lipinski definition) is 1. The van der Waals surface area contributed by atoms with Crippen LogP contribution in [0.5, 0.6) is 0 Å². The molecule has 1 heteroatoms. The Morgan fingerprint density at radius 1 is 0.526 bits per heavy atom. The van der Waals surface area contributed by atoms with Crippen molar-refractivity contribution in [3.63, 3.8) is 0 Å². The van der Waals surface area contributed by atoms with Crippen LogP contribution < -0.4 is 5.73 Å². The summed E-state index contributed by atoms with van der Waals surface area (Å²) >= 11 is 0. The number of unbranched alkanes of at least 4 members (excludes halogenated alkanes) is 14. The van der Waals surface area contributed by atoms with Gasteiger partial charge < -0.3 is 5.73 Å². The third-order valence-electron chi connectivity index (χ3n) is 3.78. The summed E-state index contributed by atoms with van der Waals surface area (Å²) in [6, 6.07) is 0. The van der Waals surface area contributed by atoms with E-state index in [0.717, 1.165) is 13.0 Å². The van der Waals surface area contributed by atoms with Gasteiger partial charge >= 0.3 is 0 Å². The molecule has 0 bridgehead atoms. The topological polar surface area (TPSA) is 26.0 Å². The van der Waals surface area contributed by atoms with Gasteiger partial charge in [-0.15, -0.1) is 12.3 Å². The third-order valence-corrected chi connectivity index (χ3v) is 3.78. The van der Waals surface area contributed by atoms with Crippen molar-refractivity contribution < 1.29 is 0 Å². The molecule has 0 aromatic heterocycles. The van der Waals surface area contributed by atoms with Crippen LogP contribution in [-0.4, -0.2) is 6.54 Å². The van der Waals surface area contributed by atoms with Crippen LogP contribution in [0.15, 0.2) is 0 Å². The maximum atomic E-state index is 5.47. The Morgan fingerprint density at radius 2 is 0.842 bits per heavy atom. The van der Waals surface area contributed by atoms with Crippen molar-refractivity contribution in [1.29, 1.82) is 0 Å².